The molecule has 46 heavy (non-hydrogen) atoms. The van der Waals surface area contributed by atoms with Gasteiger partial charge in [0.2, 0.25) is 0 Å². The minimum atomic E-state index is -5.00. The number of ether oxygens (including phenoxy) is 1. The summed E-state index contributed by atoms with van der Waals surface area (Å²) in [5.74, 6) is -1.91. The smallest absolute Gasteiger partial charge is 0.417 e. The Hall–Kier alpha value is -3.83. The number of methoxy groups -OCH3 is 1. The van der Waals surface area contributed by atoms with Gasteiger partial charge in [0.25, 0.3) is 0 Å². The topological polar surface area (TPSA) is 91.3 Å². The molecule has 3 unspecified atom stereocenters. The number of aromatic nitrogens is 2. The van der Waals surface area contributed by atoms with Crippen LogP contribution in [0, 0.1) is 23.0 Å². The summed E-state index contributed by atoms with van der Waals surface area (Å²) in [5.41, 5.74) is 2.82. The molecule has 244 valence electrons. The fourth-order valence-corrected chi connectivity index (χ4v) is 7.89. The zero-order valence-electron chi connectivity index (χ0n) is 25.2. The number of hydrogen-bond acceptors (Lipinski definition) is 8. The van der Waals surface area contributed by atoms with Crippen LogP contribution in [0.4, 0.5) is 37.2 Å². The van der Waals surface area contributed by atoms with Gasteiger partial charge in [0, 0.05) is 41.5 Å². The van der Waals surface area contributed by atoms with Crippen molar-refractivity contribution in [1.82, 2.24) is 14.9 Å². The Labute approximate surface area is 265 Å². The van der Waals surface area contributed by atoms with E-state index in [0.717, 1.165) is 50.4 Å². The summed E-state index contributed by atoms with van der Waals surface area (Å²) in [4.78, 5) is 12.5. The molecule has 2 aromatic carbocycles. The highest BCUT2D eigenvalue weighted by Gasteiger charge is 2.39. The van der Waals surface area contributed by atoms with E-state index in [1.807, 2.05) is 17.9 Å². The van der Waals surface area contributed by atoms with E-state index in [2.05, 4.69) is 14.9 Å². The van der Waals surface area contributed by atoms with E-state index >= 15 is 4.39 Å². The first-order valence-corrected chi connectivity index (χ1v) is 16.0. The maximum atomic E-state index is 16.3. The second-order valence-electron chi connectivity index (χ2n) is 12.0. The summed E-state index contributed by atoms with van der Waals surface area (Å²) >= 11 is 0.713. The molecule has 0 bridgehead atoms. The van der Waals surface area contributed by atoms with E-state index in [1.54, 1.807) is 0 Å². The lowest BCUT2D eigenvalue weighted by Crippen LogP contribution is -2.38. The predicted molar refractivity (Wildman–Crippen MR) is 166 cm³/mol. The number of halogens is 6. The summed E-state index contributed by atoms with van der Waals surface area (Å²) in [6.07, 6.45) is 0.368. The summed E-state index contributed by atoms with van der Waals surface area (Å²) in [7, 11) is 1.28. The van der Waals surface area contributed by atoms with Crippen molar-refractivity contribution in [3.8, 4) is 23.2 Å². The maximum absolute atomic E-state index is 16.3. The molecule has 0 saturated carbocycles. The van der Waals surface area contributed by atoms with Gasteiger partial charge in [0.15, 0.2) is 5.82 Å². The van der Waals surface area contributed by atoms with Crippen LogP contribution >= 0.6 is 11.3 Å². The number of nitriles is 1. The Bertz CT molecular complexity index is 1830. The lowest BCUT2D eigenvalue weighted by molar-refractivity contribution is -0.137. The van der Waals surface area contributed by atoms with Crippen molar-refractivity contribution in [2.45, 2.75) is 69.9 Å². The van der Waals surface area contributed by atoms with Crippen LogP contribution in [-0.2, 0) is 6.18 Å². The van der Waals surface area contributed by atoms with E-state index < -0.39 is 35.1 Å². The summed E-state index contributed by atoms with van der Waals surface area (Å²) < 4.78 is 92.0. The Balaban J connectivity index is 0.000000352. The number of nitrogens with zero attached hydrogens (tertiary/aromatic N) is 5. The standard InChI is InChI=1S/C25H20F5N5OS.C7H12FN/c1-11-5-3-4-8-35(11)23-13-9-15(25(28,29)30)18(19(27)20(13)33-24(34-23)36-2)12-6-7-16(26)21-17(12)14(10-31)22(32)37-21;8-6-4-7-2-1-3-9(7)5-6/h6-7,9,11H,3-5,8,32H2,1-2H3;6-7H,1-5H2. The van der Waals surface area contributed by atoms with Gasteiger partial charge in [-0.1, -0.05) is 6.07 Å². The molecule has 2 aromatic heterocycles. The molecule has 14 heteroatoms. The molecule has 3 saturated heterocycles. The third-order valence-electron chi connectivity index (χ3n) is 9.11. The molecule has 0 spiro atoms. The molecule has 0 radical (unpaired) electrons. The van der Waals surface area contributed by atoms with Crippen LogP contribution in [-0.4, -0.2) is 59.9 Å². The number of rotatable bonds is 3. The predicted octanol–water partition coefficient (Wildman–Crippen LogP) is 7.84. The third kappa shape index (κ3) is 5.68. The number of anilines is 2. The van der Waals surface area contributed by atoms with Crippen LogP contribution in [0.2, 0.25) is 0 Å². The highest BCUT2D eigenvalue weighted by atomic mass is 32.1. The third-order valence-corrected chi connectivity index (χ3v) is 10.1. The number of benzene rings is 2. The van der Waals surface area contributed by atoms with Crippen molar-refractivity contribution < 1.29 is 31.1 Å². The van der Waals surface area contributed by atoms with Gasteiger partial charge < -0.3 is 15.4 Å². The first kappa shape index (κ1) is 32.1. The van der Waals surface area contributed by atoms with Gasteiger partial charge >= 0.3 is 12.2 Å². The second kappa shape index (κ2) is 12.4. The largest absolute Gasteiger partial charge is 0.467 e. The van der Waals surface area contributed by atoms with Crippen molar-refractivity contribution in [2.75, 3.05) is 37.4 Å². The number of hydrogen-bond donors (Lipinski definition) is 1. The molecule has 3 aliphatic heterocycles. The van der Waals surface area contributed by atoms with E-state index in [0.29, 0.717) is 30.5 Å². The van der Waals surface area contributed by atoms with Crippen LogP contribution in [0.25, 0.3) is 32.1 Å². The highest BCUT2D eigenvalue weighted by molar-refractivity contribution is 7.23. The average molecular weight is 663 g/mol. The highest BCUT2D eigenvalue weighted by Crippen LogP contribution is 2.48. The second-order valence-corrected chi connectivity index (χ2v) is 13.0. The molecular weight excluding hydrogens is 630 g/mol. The van der Waals surface area contributed by atoms with Crippen molar-refractivity contribution in [3.05, 3.63) is 41.0 Å². The number of alkyl halides is 4. The molecule has 2 N–H and O–H groups in total. The molecule has 3 fully saturated rings. The number of nitrogens with two attached hydrogens (primary N) is 1. The summed E-state index contributed by atoms with van der Waals surface area (Å²) in [6, 6.07) is 4.95. The molecule has 5 heterocycles. The van der Waals surface area contributed by atoms with Crippen LogP contribution in [0.3, 0.4) is 0 Å². The minimum absolute atomic E-state index is 0.0441. The maximum Gasteiger partial charge on any atom is 0.417 e. The Morgan fingerprint density at radius 3 is 2.57 bits per heavy atom. The van der Waals surface area contributed by atoms with Crippen molar-refractivity contribution in [2.24, 2.45) is 0 Å². The number of piperidine rings is 1. The fraction of sp³-hybridized carbons (Fsp3) is 0.469. The molecule has 3 atom stereocenters. The van der Waals surface area contributed by atoms with Crippen molar-refractivity contribution in [1.29, 1.82) is 5.26 Å². The van der Waals surface area contributed by atoms with Gasteiger partial charge in [0.05, 0.1) is 22.9 Å². The zero-order chi connectivity index (χ0) is 32.9. The van der Waals surface area contributed by atoms with Gasteiger partial charge in [-0.3, -0.25) is 4.90 Å². The Kier molecular flexibility index (Phi) is 8.67. The number of thiophene rings is 1. The molecule has 4 aromatic rings. The molecule has 0 aliphatic carbocycles. The Morgan fingerprint density at radius 1 is 1.11 bits per heavy atom. The number of nitrogen functional groups attached to an aromatic ring is 1. The number of fused-ring (bicyclic) bond motifs is 3. The van der Waals surface area contributed by atoms with E-state index in [1.165, 1.54) is 20.0 Å². The fourth-order valence-electron chi connectivity index (χ4n) is 6.94. The van der Waals surface area contributed by atoms with Crippen LogP contribution < -0.4 is 15.4 Å². The first-order valence-electron chi connectivity index (χ1n) is 15.1. The van der Waals surface area contributed by atoms with Crippen LogP contribution in [0.5, 0.6) is 6.01 Å². The van der Waals surface area contributed by atoms with E-state index in [-0.39, 0.29) is 55.0 Å². The summed E-state index contributed by atoms with van der Waals surface area (Å²) in [6.45, 7) is 4.31. The monoisotopic (exact) mass is 662 g/mol. The first-order chi connectivity index (χ1) is 21.9. The minimum Gasteiger partial charge on any atom is -0.467 e. The molecule has 0 amide bonds. The van der Waals surface area contributed by atoms with Crippen LogP contribution in [0.1, 0.15) is 56.6 Å². The SMILES string of the molecule is COc1nc(N2CCCCC2C)c2cc(C(F)(F)F)c(-c3ccc(F)c4sc(N)c(C#N)c34)c(F)c2n1.FC1CC2CCCN2C1. The van der Waals surface area contributed by atoms with Gasteiger partial charge in [-0.25, -0.2) is 13.2 Å². The molecule has 3 aliphatic rings. The van der Waals surface area contributed by atoms with Gasteiger partial charge in [-0.15, -0.1) is 11.3 Å². The van der Waals surface area contributed by atoms with E-state index in [4.69, 9.17) is 10.5 Å². The lowest BCUT2D eigenvalue weighted by atomic mass is 9.92. The average Bonchev–Trinajstić information content (AvgIpc) is 3.70. The molecular formula is C32H32F6N6OS. The molecule has 7 rings (SSSR count). The van der Waals surface area contributed by atoms with E-state index in [9.17, 15) is 27.2 Å². The van der Waals surface area contributed by atoms with Gasteiger partial charge in [-0.05, 0) is 69.7 Å². The normalized spacial score (nSPS) is 21.7. The van der Waals surface area contributed by atoms with Crippen LogP contribution in [0.15, 0.2) is 18.2 Å². The summed E-state index contributed by atoms with van der Waals surface area (Å²) in [5, 5.41) is 9.23. The van der Waals surface area contributed by atoms with Gasteiger partial charge in [0.1, 0.15) is 34.4 Å². The Morgan fingerprint density at radius 2 is 1.89 bits per heavy atom. The zero-order valence-corrected chi connectivity index (χ0v) is 26.0. The molecule has 7 nitrogen and oxygen atoms in total. The lowest BCUT2D eigenvalue weighted by Gasteiger charge is -2.35. The quantitative estimate of drug-likeness (QED) is 0.224. The van der Waals surface area contributed by atoms with Crippen molar-refractivity contribution >= 4 is 43.1 Å². The van der Waals surface area contributed by atoms with Crippen molar-refractivity contribution in [3.63, 3.8) is 0 Å². The van der Waals surface area contributed by atoms with Gasteiger partial charge in [-0.2, -0.15) is 28.4 Å².